The van der Waals surface area contributed by atoms with Crippen molar-refractivity contribution in [3.63, 3.8) is 0 Å². The van der Waals surface area contributed by atoms with Crippen LogP contribution in [-0.2, 0) is 18.3 Å². The average molecular weight is 399 g/mol. The summed E-state index contributed by atoms with van der Waals surface area (Å²) in [6.45, 7) is 3.91. The van der Waals surface area contributed by atoms with Gasteiger partial charge in [0.2, 0.25) is 0 Å². The predicted molar refractivity (Wildman–Crippen MR) is 122 cm³/mol. The number of fused-ring (bicyclic) bond motifs is 1. The molecule has 0 aliphatic rings. The van der Waals surface area contributed by atoms with Crippen molar-refractivity contribution in [2.45, 2.75) is 32.1 Å². The second-order valence-electron chi connectivity index (χ2n) is 8.85. The topological polar surface area (TPSA) is 56.6 Å². The van der Waals surface area contributed by atoms with Gasteiger partial charge in [-0.1, -0.05) is 31.2 Å². The van der Waals surface area contributed by atoms with E-state index in [4.69, 9.17) is 0 Å². The first-order valence-electron chi connectivity index (χ1n) is 10.1. The van der Waals surface area contributed by atoms with Crippen LogP contribution in [0.3, 0.4) is 0 Å². The van der Waals surface area contributed by atoms with E-state index in [1.165, 1.54) is 0 Å². The lowest BCUT2D eigenvalue weighted by Gasteiger charge is -2.23. The summed E-state index contributed by atoms with van der Waals surface area (Å²) in [4.78, 5) is 15.2. The minimum atomic E-state index is -0.722. The van der Waals surface area contributed by atoms with Crippen molar-refractivity contribution in [1.29, 1.82) is 5.26 Å². The van der Waals surface area contributed by atoms with Crippen molar-refractivity contribution >= 4 is 10.9 Å². The summed E-state index contributed by atoms with van der Waals surface area (Å²) >= 11 is 0. The Morgan fingerprint density at radius 1 is 1.10 bits per heavy atom. The largest absolute Gasteiger partial charge is 0.322 e. The van der Waals surface area contributed by atoms with Crippen LogP contribution in [-0.4, -0.2) is 30.6 Å². The summed E-state index contributed by atoms with van der Waals surface area (Å²) < 4.78 is 0.565. The second kappa shape index (κ2) is 8.19. The molecule has 0 fully saturated rings. The van der Waals surface area contributed by atoms with E-state index in [9.17, 15) is 10.1 Å². The predicted octanol–water partition coefficient (Wildman–Crippen LogP) is 4.13. The smallest absolute Gasteiger partial charge is 0.251 e. The van der Waals surface area contributed by atoms with Crippen molar-refractivity contribution in [1.82, 2.24) is 4.98 Å². The Bertz CT molecular complexity index is 1250. The third-order valence-corrected chi connectivity index (χ3v) is 5.21. The molecule has 3 rings (SSSR count). The monoisotopic (exact) mass is 398 g/mol. The number of pyridine rings is 1. The van der Waals surface area contributed by atoms with Gasteiger partial charge in [0, 0.05) is 16.6 Å². The lowest BCUT2D eigenvalue weighted by Crippen LogP contribution is -2.27. The summed E-state index contributed by atoms with van der Waals surface area (Å²) in [5.74, 6) is 3.21. The van der Waals surface area contributed by atoms with Gasteiger partial charge in [-0.15, -0.1) is 0 Å². The number of nitriles is 1. The van der Waals surface area contributed by atoms with E-state index in [-0.39, 0.29) is 5.56 Å². The highest BCUT2D eigenvalue weighted by Gasteiger charge is 2.27. The van der Waals surface area contributed by atoms with Crippen LogP contribution in [0.1, 0.15) is 36.1 Å². The molecule has 0 spiro atoms. The van der Waals surface area contributed by atoms with E-state index in [2.05, 4.69) is 29.1 Å². The van der Waals surface area contributed by atoms with Crippen LogP contribution in [0.15, 0.2) is 53.3 Å². The molecule has 0 bridgehead atoms. The zero-order valence-corrected chi connectivity index (χ0v) is 18.3. The zero-order chi connectivity index (χ0) is 21.9. The van der Waals surface area contributed by atoms with Crippen molar-refractivity contribution < 1.29 is 4.48 Å². The third-order valence-electron chi connectivity index (χ3n) is 5.21. The summed E-state index contributed by atoms with van der Waals surface area (Å²) in [7, 11) is 6.07. The number of aromatic amines is 1. The van der Waals surface area contributed by atoms with Gasteiger partial charge in [-0.05, 0) is 66.5 Å². The first-order valence-corrected chi connectivity index (χ1v) is 10.1. The average Bonchev–Trinajstić information content (AvgIpc) is 2.71. The highest BCUT2D eigenvalue weighted by molar-refractivity contribution is 5.80. The molecule has 1 N–H and O–H groups in total. The van der Waals surface area contributed by atoms with Gasteiger partial charge in [-0.2, -0.15) is 5.26 Å². The number of nitrogens with zero attached hydrogens (tertiary/aromatic N) is 2. The van der Waals surface area contributed by atoms with Gasteiger partial charge < -0.3 is 4.98 Å². The molecule has 0 aliphatic heterocycles. The standard InChI is InChI=1S/C26H27N3O/c1-6-21-15-22-10-11-23(16-24(22)28-25(21)30)26(2,18-27)17-20-9-7-8-19(14-20)12-13-29(3,4)5/h7-11,14-16H,6,17H2,1-5H3/p+1. The van der Waals surface area contributed by atoms with Gasteiger partial charge in [0.15, 0.2) is 0 Å². The van der Waals surface area contributed by atoms with Crippen molar-refractivity contribution in [3.05, 3.63) is 81.1 Å². The minimum absolute atomic E-state index is 0.0654. The molecule has 4 heteroatoms. The number of hydrogen-bond acceptors (Lipinski definition) is 2. The number of quaternary nitrogens is 1. The molecule has 1 unspecified atom stereocenters. The number of hydrogen-bond donors (Lipinski definition) is 1. The van der Waals surface area contributed by atoms with Crippen LogP contribution in [0.4, 0.5) is 0 Å². The van der Waals surface area contributed by atoms with Crippen LogP contribution in [0.25, 0.3) is 10.9 Å². The molecular formula is C26H28N3O+. The van der Waals surface area contributed by atoms with E-state index in [0.717, 1.165) is 33.2 Å². The molecule has 0 saturated carbocycles. The molecule has 0 radical (unpaired) electrons. The summed E-state index contributed by atoms with van der Waals surface area (Å²) in [6.07, 6.45) is 1.25. The van der Waals surface area contributed by atoms with Gasteiger partial charge in [0.25, 0.3) is 5.56 Å². The van der Waals surface area contributed by atoms with E-state index in [1.807, 2.05) is 77.5 Å². The van der Waals surface area contributed by atoms with Crippen LogP contribution >= 0.6 is 0 Å². The Morgan fingerprint density at radius 3 is 2.53 bits per heavy atom. The molecule has 1 atom stereocenters. The Kier molecular flexibility index (Phi) is 5.83. The molecule has 1 aromatic heterocycles. The number of aromatic nitrogens is 1. The second-order valence-corrected chi connectivity index (χ2v) is 8.85. The maximum Gasteiger partial charge on any atom is 0.251 e. The van der Waals surface area contributed by atoms with Crippen molar-refractivity contribution in [2.75, 3.05) is 21.1 Å². The van der Waals surface area contributed by atoms with Crippen LogP contribution in [0.5, 0.6) is 0 Å². The van der Waals surface area contributed by atoms with Gasteiger partial charge in [-0.25, -0.2) is 0 Å². The Hall–Kier alpha value is -3.34. The third kappa shape index (κ3) is 4.79. The lowest BCUT2D eigenvalue weighted by atomic mass is 9.78. The number of nitrogens with one attached hydrogen (secondary N) is 1. The van der Waals surface area contributed by atoms with E-state index < -0.39 is 5.41 Å². The Morgan fingerprint density at radius 2 is 1.87 bits per heavy atom. The number of H-pyrrole nitrogens is 1. The first-order chi connectivity index (χ1) is 14.1. The fourth-order valence-electron chi connectivity index (χ4n) is 3.46. The van der Waals surface area contributed by atoms with Crippen molar-refractivity contribution in [3.8, 4) is 18.0 Å². The molecular weight excluding hydrogens is 370 g/mol. The summed E-state index contributed by atoms with van der Waals surface area (Å²) in [5, 5.41) is 11.0. The molecule has 0 saturated heterocycles. The fraction of sp³-hybridized carbons (Fsp3) is 0.308. The molecule has 30 heavy (non-hydrogen) atoms. The van der Waals surface area contributed by atoms with E-state index >= 15 is 0 Å². The van der Waals surface area contributed by atoms with Crippen LogP contribution in [0.2, 0.25) is 0 Å². The quantitative estimate of drug-likeness (QED) is 0.531. The maximum absolute atomic E-state index is 12.2. The fourth-order valence-corrected chi connectivity index (χ4v) is 3.46. The molecule has 2 aromatic carbocycles. The first kappa shape index (κ1) is 21.4. The lowest BCUT2D eigenvalue weighted by molar-refractivity contribution is -0.800. The van der Waals surface area contributed by atoms with Crippen molar-refractivity contribution in [2.24, 2.45) is 0 Å². The highest BCUT2D eigenvalue weighted by atomic mass is 16.1. The number of benzene rings is 2. The highest BCUT2D eigenvalue weighted by Crippen LogP contribution is 2.30. The molecule has 152 valence electrons. The molecule has 3 aromatic rings. The maximum atomic E-state index is 12.2. The van der Waals surface area contributed by atoms with E-state index in [1.54, 1.807) is 0 Å². The number of aryl methyl sites for hydroxylation is 1. The summed E-state index contributed by atoms with van der Waals surface area (Å²) in [5.41, 5.74) is 3.63. The molecule has 0 aliphatic carbocycles. The normalized spacial score (nSPS) is 13.2. The molecule has 0 amide bonds. The van der Waals surface area contributed by atoms with Gasteiger partial charge in [0.1, 0.15) is 6.04 Å². The molecule has 4 nitrogen and oxygen atoms in total. The number of rotatable bonds is 4. The Labute approximate surface area is 178 Å². The summed E-state index contributed by atoms with van der Waals surface area (Å²) in [6, 6.07) is 21.6. The minimum Gasteiger partial charge on any atom is -0.322 e. The van der Waals surface area contributed by atoms with Crippen LogP contribution in [0, 0.1) is 23.3 Å². The van der Waals surface area contributed by atoms with Gasteiger partial charge in [-0.3, -0.25) is 9.28 Å². The molecule has 1 heterocycles. The van der Waals surface area contributed by atoms with E-state index in [0.29, 0.717) is 17.3 Å². The van der Waals surface area contributed by atoms with Gasteiger partial charge in [0.05, 0.1) is 32.6 Å². The zero-order valence-electron chi connectivity index (χ0n) is 18.3. The SMILES string of the molecule is CCc1cc2ccc(C(C)(C#N)Cc3cccc(C#C[N+](C)(C)C)c3)cc2[nH]c1=O. The van der Waals surface area contributed by atoms with Crippen LogP contribution < -0.4 is 5.56 Å². The van der Waals surface area contributed by atoms with Gasteiger partial charge >= 0.3 is 0 Å². The Balaban J connectivity index is 1.97.